The molecule has 2 N–H and O–H groups in total. The molecule has 3 fully saturated rings. The lowest BCUT2D eigenvalue weighted by Crippen LogP contribution is -2.52. The number of amides is 1. The van der Waals surface area contributed by atoms with Crippen molar-refractivity contribution in [2.75, 3.05) is 26.7 Å². The molecule has 1 aliphatic heterocycles. The Morgan fingerprint density at radius 3 is 2.40 bits per heavy atom. The average molecular weight is 457 g/mol. The van der Waals surface area contributed by atoms with Gasteiger partial charge in [-0.25, -0.2) is 0 Å². The molecule has 30 heavy (non-hydrogen) atoms. The number of aromatic nitrogens is 1. The van der Waals surface area contributed by atoms with Crippen LogP contribution >= 0.6 is 24.8 Å². The molecular weight excluding hydrogens is 419 g/mol. The van der Waals surface area contributed by atoms with Crippen molar-refractivity contribution in [3.8, 4) is 0 Å². The van der Waals surface area contributed by atoms with Crippen LogP contribution in [-0.4, -0.2) is 59.5 Å². The molecule has 3 aliphatic rings. The molecule has 7 heteroatoms. The predicted molar refractivity (Wildman–Crippen MR) is 126 cm³/mol. The van der Waals surface area contributed by atoms with Crippen molar-refractivity contribution in [2.24, 2.45) is 23.5 Å². The van der Waals surface area contributed by atoms with E-state index >= 15 is 0 Å². The first-order chi connectivity index (χ1) is 13.6. The van der Waals surface area contributed by atoms with Gasteiger partial charge >= 0.3 is 0 Å². The molecule has 1 aromatic rings. The third-order valence-electron chi connectivity index (χ3n) is 7.63. The summed E-state index contributed by atoms with van der Waals surface area (Å²) in [5.41, 5.74) is 7.58. The van der Waals surface area contributed by atoms with Gasteiger partial charge in [0.05, 0.1) is 0 Å². The zero-order valence-corrected chi connectivity index (χ0v) is 19.8. The highest BCUT2D eigenvalue weighted by atomic mass is 35.5. The van der Waals surface area contributed by atoms with E-state index in [0.29, 0.717) is 29.8 Å². The molecule has 2 atom stereocenters. The van der Waals surface area contributed by atoms with E-state index in [-0.39, 0.29) is 30.7 Å². The Hall–Kier alpha value is -0.880. The van der Waals surface area contributed by atoms with Crippen molar-refractivity contribution in [2.45, 2.75) is 63.5 Å². The number of piperidine rings is 1. The van der Waals surface area contributed by atoms with Crippen LogP contribution in [0.2, 0.25) is 0 Å². The maximum absolute atomic E-state index is 13.2. The fourth-order valence-corrected chi connectivity index (χ4v) is 5.81. The Labute approximate surface area is 194 Å². The van der Waals surface area contributed by atoms with Gasteiger partial charge in [0.25, 0.3) is 0 Å². The predicted octanol–water partition coefficient (Wildman–Crippen LogP) is 3.54. The van der Waals surface area contributed by atoms with Crippen LogP contribution in [0.15, 0.2) is 24.4 Å². The van der Waals surface area contributed by atoms with Crippen LogP contribution in [0.1, 0.15) is 50.6 Å². The molecule has 1 aromatic heterocycles. The van der Waals surface area contributed by atoms with Gasteiger partial charge in [-0.15, -0.1) is 24.8 Å². The molecule has 0 radical (unpaired) electrons. The average Bonchev–Trinajstić information content (AvgIpc) is 2.72. The van der Waals surface area contributed by atoms with Crippen LogP contribution in [0.4, 0.5) is 0 Å². The summed E-state index contributed by atoms with van der Waals surface area (Å²) >= 11 is 0. The number of likely N-dealkylation sites (tertiary alicyclic amines) is 1. The SMILES string of the molecule is CN(C(=O)C1CC2CCCC(C1)C2N)C1CCN(CCc2ccccn2)CC1.Cl.Cl. The lowest BCUT2D eigenvalue weighted by atomic mass is 9.65. The summed E-state index contributed by atoms with van der Waals surface area (Å²) in [5.74, 6) is 1.74. The third-order valence-corrected chi connectivity index (χ3v) is 7.63. The van der Waals surface area contributed by atoms with Gasteiger partial charge in [-0.05, 0) is 62.5 Å². The fourth-order valence-electron chi connectivity index (χ4n) is 5.81. The number of carbonyl (C=O) groups excluding carboxylic acids is 1. The number of pyridine rings is 1. The van der Waals surface area contributed by atoms with Gasteiger partial charge in [-0.2, -0.15) is 0 Å². The zero-order chi connectivity index (χ0) is 19.5. The number of nitrogens with two attached hydrogens (primary N) is 1. The summed E-state index contributed by atoms with van der Waals surface area (Å²) < 4.78 is 0. The number of fused-ring (bicyclic) bond motifs is 2. The van der Waals surface area contributed by atoms with Gasteiger partial charge in [-0.1, -0.05) is 12.5 Å². The van der Waals surface area contributed by atoms with Gasteiger partial charge in [0.15, 0.2) is 0 Å². The van der Waals surface area contributed by atoms with Crippen LogP contribution in [0, 0.1) is 17.8 Å². The summed E-state index contributed by atoms with van der Waals surface area (Å²) in [4.78, 5) is 22.2. The first-order valence-corrected chi connectivity index (χ1v) is 11.3. The number of halogens is 2. The van der Waals surface area contributed by atoms with Crippen molar-refractivity contribution < 1.29 is 4.79 Å². The van der Waals surface area contributed by atoms with Crippen LogP contribution in [0.25, 0.3) is 0 Å². The second-order valence-corrected chi connectivity index (χ2v) is 9.29. The molecule has 2 unspecified atom stereocenters. The Morgan fingerprint density at radius 1 is 1.13 bits per heavy atom. The topological polar surface area (TPSA) is 62.5 Å². The Bertz CT molecular complexity index is 640. The van der Waals surface area contributed by atoms with E-state index in [1.165, 1.54) is 19.3 Å². The van der Waals surface area contributed by atoms with Gasteiger partial charge in [0.2, 0.25) is 5.91 Å². The van der Waals surface area contributed by atoms with E-state index in [2.05, 4.69) is 26.9 Å². The van der Waals surface area contributed by atoms with Gasteiger partial charge < -0.3 is 15.5 Å². The molecular formula is C23H38Cl2N4O. The molecule has 2 saturated carbocycles. The standard InChI is InChI=1S/C23H36N4O.2ClH/c1-26(23(28)19-15-17-5-4-6-18(16-19)22(17)24)21-9-13-27(14-10-21)12-8-20-7-2-3-11-25-20;;/h2-3,7,11,17-19,21-22H,4-6,8-10,12-16,24H2,1H3;2*1H. The van der Waals surface area contributed by atoms with E-state index in [9.17, 15) is 4.79 Å². The summed E-state index contributed by atoms with van der Waals surface area (Å²) in [6.45, 7) is 3.22. The largest absolute Gasteiger partial charge is 0.342 e. The highest BCUT2D eigenvalue weighted by Gasteiger charge is 2.42. The number of carbonyl (C=O) groups is 1. The molecule has 4 rings (SSSR count). The number of rotatable bonds is 5. The van der Waals surface area contributed by atoms with Crippen molar-refractivity contribution in [3.05, 3.63) is 30.1 Å². The van der Waals surface area contributed by atoms with Crippen molar-refractivity contribution in [1.82, 2.24) is 14.8 Å². The molecule has 2 aliphatic carbocycles. The maximum atomic E-state index is 13.2. The minimum absolute atomic E-state index is 0. The van der Waals surface area contributed by atoms with E-state index in [0.717, 1.165) is 57.4 Å². The number of hydrogen-bond acceptors (Lipinski definition) is 4. The summed E-state index contributed by atoms with van der Waals surface area (Å²) in [5, 5.41) is 0. The molecule has 2 heterocycles. The Kier molecular flexibility index (Phi) is 9.86. The second kappa shape index (κ2) is 11.7. The van der Waals surface area contributed by atoms with Crippen molar-refractivity contribution >= 4 is 30.7 Å². The first-order valence-electron chi connectivity index (χ1n) is 11.3. The molecule has 170 valence electrons. The van der Waals surface area contributed by atoms with E-state index < -0.39 is 0 Å². The quantitative estimate of drug-likeness (QED) is 0.735. The Morgan fingerprint density at radius 2 is 1.80 bits per heavy atom. The molecule has 2 bridgehead atoms. The van der Waals surface area contributed by atoms with Crippen LogP contribution in [0.3, 0.4) is 0 Å². The lowest BCUT2D eigenvalue weighted by molar-refractivity contribution is -0.140. The Balaban J connectivity index is 0.00000160. The van der Waals surface area contributed by atoms with E-state index in [1.54, 1.807) is 0 Å². The lowest BCUT2D eigenvalue weighted by Gasteiger charge is -2.45. The molecule has 1 saturated heterocycles. The van der Waals surface area contributed by atoms with Gasteiger partial charge in [-0.3, -0.25) is 9.78 Å². The maximum Gasteiger partial charge on any atom is 0.225 e. The molecule has 1 amide bonds. The fraction of sp³-hybridized carbons (Fsp3) is 0.739. The van der Waals surface area contributed by atoms with Gasteiger partial charge in [0.1, 0.15) is 0 Å². The smallest absolute Gasteiger partial charge is 0.225 e. The highest BCUT2D eigenvalue weighted by molar-refractivity contribution is 5.85. The third kappa shape index (κ3) is 5.87. The normalized spacial score (nSPS) is 29.4. The van der Waals surface area contributed by atoms with E-state index in [4.69, 9.17) is 5.73 Å². The van der Waals surface area contributed by atoms with Crippen molar-refractivity contribution in [1.29, 1.82) is 0 Å². The van der Waals surface area contributed by atoms with E-state index in [1.807, 2.05) is 19.3 Å². The molecule has 0 spiro atoms. The molecule has 0 aromatic carbocycles. The zero-order valence-electron chi connectivity index (χ0n) is 18.1. The number of nitrogens with zero attached hydrogens (tertiary/aromatic N) is 3. The minimum Gasteiger partial charge on any atom is -0.342 e. The monoisotopic (exact) mass is 456 g/mol. The van der Waals surface area contributed by atoms with Crippen LogP contribution < -0.4 is 5.73 Å². The van der Waals surface area contributed by atoms with Crippen LogP contribution in [0.5, 0.6) is 0 Å². The highest BCUT2D eigenvalue weighted by Crippen LogP contribution is 2.42. The molecule has 5 nitrogen and oxygen atoms in total. The minimum atomic E-state index is 0. The first kappa shape index (κ1) is 25.4. The van der Waals surface area contributed by atoms with Crippen molar-refractivity contribution in [3.63, 3.8) is 0 Å². The summed E-state index contributed by atoms with van der Waals surface area (Å²) in [6.07, 6.45) is 10.8. The van der Waals surface area contributed by atoms with Gasteiger partial charge in [0, 0.05) is 63.0 Å². The second-order valence-electron chi connectivity index (χ2n) is 9.29. The number of hydrogen-bond donors (Lipinski definition) is 1. The summed E-state index contributed by atoms with van der Waals surface area (Å²) in [7, 11) is 2.04. The summed E-state index contributed by atoms with van der Waals surface area (Å²) in [6, 6.07) is 6.86. The van der Waals surface area contributed by atoms with Crippen LogP contribution in [-0.2, 0) is 11.2 Å².